The van der Waals surface area contributed by atoms with Gasteiger partial charge in [-0.15, -0.1) is 16.8 Å². The summed E-state index contributed by atoms with van der Waals surface area (Å²) in [5, 5.41) is 18.5. The highest BCUT2D eigenvalue weighted by atomic mass is 32.2. The summed E-state index contributed by atoms with van der Waals surface area (Å²) in [6.07, 6.45) is 1.86. The fraction of sp³-hybridized carbons (Fsp3) is 0.150. The SMILES string of the molecule is C=CCn1c(SCc2ccc(C#N)cc2)nnc1-c1ccccc1C. The monoisotopic (exact) mass is 346 g/mol. The normalized spacial score (nSPS) is 10.4. The number of hydrogen-bond donors (Lipinski definition) is 0. The summed E-state index contributed by atoms with van der Waals surface area (Å²) in [5.41, 5.74) is 4.07. The summed E-state index contributed by atoms with van der Waals surface area (Å²) in [7, 11) is 0. The lowest BCUT2D eigenvalue weighted by atomic mass is 10.1. The third-order valence-corrected chi connectivity index (χ3v) is 4.90. The topological polar surface area (TPSA) is 54.5 Å². The Labute approximate surface area is 151 Å². The average molecular weight is 346 g/mol. The molecule has 0 aliphatic carbocycles. The molecule has 0 aliphatic heterocycles. The number of aryl methyl sites for hydroxylation is 1. The van der Waals surface area contributed by atoms with Crippen molar-refractivity contribution < 1.29 is 0 Å². The van der Waals surface area contributed by atoms with Crippen LogP contribution in [-0.2, 0) is 12.3 Å². The predicted octanol–water partition coefficient (Wildman–Crippen LogP) is 4.60. The number of benzene rings is 2. The summed E-state index contributed by atoms with van der Waals surface area (Å²) in [5.74, 6) is 1.63. The van der Waals surface area contributed by atoms with Gasteiger partial charge in [0, 0.05) is 17.9 Å². The van der Waals surface area contributed by atoms with Crippen LogP contribution in [0, 0.1) is 18.3 Å². The molecule has 0 aliphatic rings. The number of rotatable bonds is 6. The molecule has 1 aromatic heterocycles. The lowest BCUT2D eigenvalue weighted by Crippen LogP contribution is -2.01. The van der Waals surface area contributed by atoms with E-state index in [2.05, 4.69) is 46.5 Å². The number of thioether (sulfide) groups is 1. The Bertz CT molecular complexity index is 920. The van der Waals surface area contributed by atoms with Crippen LogP contribution in [0.4, 0.5) is 0 Å². The van der Waals surface area contributed by atoms with E-state index >= 15 is 0 Å². The minimum Gasteiger partial charge on any atom is -0.298 e. The van der Waals surface area contributed by atoms with E-state index in [4.69, 9.17) is 5.26 Å². The van der Waals surface area contributed by atoms with E-state index in [0.717, 1.165) is 27.9 Å². The smallest absolute Gasteiger partial charge is 0.192 e. The van der Waals surface area contributed by atoms with Crippen molar-refractivity contribution in [3.05, 3.63) is 77.9 Å². The Morgan fingerprint density at radius 1 is 1.16 bits per heavy atom. The van der Waals surface area contributed by atoms with Crippen LogP contribution in [0.5, 0.6) is 0 Å². The van der Waals surface area contributed by atoms with Crippen LogP contribution in [0.3, 0.4) is 0 Å². The molecule has 124 valence electrons. The summed E-state index contributed by atoms with van der Waals surface area (Å²) in [6, 6.07) is 17.9. The zero-order chi connectivity index (χ0) is 17.6. The zero-order valence-corrected chi connectivity index (χ0v) is 14.8. The molecule has 0 unspecified atom stereocenters. The number of hydrogen-bond acceptors (Lipinski definition) is 4. The van der Waals surface area contributed by atoms with E-state index in [0.29, 0.717) is 12.1 Å². The Morgan fingerprint density at radius 3 is 2.60 bits per heavy atom. The van der Waals surface area contributed by atoms with Crippen LogP contribution >= 0.6 is 11.8 Å². The fourth-order valence-corrected chi connectivity index (χ4v) is 3.44. The number of nitrogens with zero attached hydrogens (tertiary/aromatic N) is 4. The lowest BCUT2D eigenvalue weighted by Gasteiger charge is -2.09. The second-order valence-corrected chi connectivity index (χ2v) is 6.56. The van der Waals surface area contributed by atoms with E-state index < -0.39 is 0 Å². The molecule has 0 amide bonds. The van der Waals surface area contributed by atoms with Crippen LogP contribution in [-0.4, -0.2) is 14.8 Å². The second-order valence-electron chi connectivity index (χ2n) is 5.62. The molecule has 0 spiro atoms. The van der Waals surface area contributed by atoms with Gasteiger partial charge in [0.2, 0.25) is 0 Å². The van der Waals surface area contributed by atoms with Crippen molar-refractivity contribution >= 4 is 11.8 Å². The van der Waals surface area contributed by atoms with Gasteiger partial charge in [0.25, 0.3) is 0 Å². The minimum absolute atomic E-state index is 0.659. The third-order valence-electron chi connectivity index (χ3n) is 3.87. The van der Waals surface area contributed by atoms with E-state index in [1.807, 2.05) is 42.5 Å². The quantitative estimate of drug-likeness (QED) is 0.483. The van der Waals surface area contributed by atoms with Crippen molar-refractivity contribution in [2.75, 3.05) is 0 Å². The Balaban J connectivity index is 1.85. The summed E-state index contributed by atoms with van der Waals surface area (Å²) >= 11 is 1.63. The first-order valence-corrected chi connectivity index (χ1v) is 8.93. The van der Waals surface area contributed by atoms with Gasteiger partial charge < -0.3 is 0 Å². The van der Waals surface area contributed by atoms with Gasteiger partial charge in [-0.3, -0.25) is 4.57 Å². The van der Waals surface area contributed by atoms with Gasteiger partial charge in [-0.2, -0.15) is 5.26 Å². The predicted molar refractivity (Wildman–Crippen MR) is 101 cm³/mol. The number of allylic oxidation sites excluding steroid dienone is 1. The van der Waals surface area contributed by atoms with E-state index in [1.54, 1.807) is 11.8 Å². The molecular weight excluding hydrogens is 328 g/mol. The molecule has 0 saturated carbocycles. The molecule has 3 rings (SSSR count). The van der Waals surface area contributed by atoms with Crippen molar-refractivity contribution in [2.45, 2.75) is 24.4 Å². The van der Waals surface area contributed by atoms with Gasteiger partial charge in [0.15, 0.2) is 11.0 Å². The third kappa shape index (κ3) is 3.81. The van der Waals surface area contributed by atoms with Gasteiger partial charge in [0.1, 0.15) is 0 Å². The van der Waals surface area contributed by atoms with Gasteiger partial charge >= 0.3 is 0 Å². The first-order chi connectivity index (χ1) is 12.2. The summed E-state index contributed by atoms with van der Waals surface area (Å²) < 4.78 is 2.09. The number of nitriles is 1. The summed E-state index contributed by atoms with van der Waals surface area (Å²) in [4.78, 5) is 0. The van der Waals surface area contributed by atoms with E-state index in [9.17, 15) is 0 Å². The molecule has 0 bridgehead atoms. The lowest BCUT2D eigenvalue weighted by molar-refractivity contribution is 0.731. The van der Waals surface area contributed by atoms with Crippen molar-refractivity contribution in [1.29, 1.82) is 5.26 Å². The highest BCUT2D eigenvalue weighted by Crippen LogP contribution is 2.28. The molecule has 0 radical (unpaired) electrons. The maximum absolute atomic E-state index is 8.88. The summed E-state index contributed by atoms with van der Waals surface area (Å²) in [6.45, 7) is 6.59. The maximum atomic E-state index is 8.88. The Kier molecular flexibility index (Phi) is 5.32. The highest BCUT2D eigenvalue weighted by Gasteiger charge is 2.15. The fourth-order valence-electron chi connectivity index (χ4n) is 2.54. The zero-order valence-electron chi connectivity index (χ0n) is 14.0. The van der Waals surface area contributed by atoms with Gasteiger partial charge in [-0.25, -0.2) is 0 Å². The second kappa shape index (κ2) is 7.82. The Hall–Kier alpha value is -2.84. The standard InChI is InChI=1S/C20H18N4S/c1-3-12-24-19(18-7-5-4-6-15(18)2)22-23-20(24)25-14-17-10-8-16(13-21)9-11-17/h3-11H,1,12,14H2,2H3. The first-order valence-electron chi connectivity index (χ1n) is 7.95. The molecular formula is C20H18N4S. The minimum atomic E-state index is 0.659. The molecule has 0 N–H and O–H groups in total. The first kappa shape index (κ1) is 17.0. The van der Waals surface area contributed by atoms with Crippen LogP contribution < -0.4 is 0 Å². The van der Waals surface area contributed by atoms with Crippen LogP contribution in [0.2, 0.25) is 0 Å². The Morgan fingerprint density at radius 2 is 1.92 bits per heavy atom. The molecule has 0 saturated heterocycles. The maximum Gasteiger partial charge on any atom is 0.192 e. The van der Waals surface area contributed by atoms with Crippen molar-refractivity contribution in [3.8, 4) is 17.5 Å². The van der Waals surface area contributed by atoms with Crippen LogP contribution in [0.25, 0.3) is 11.4 Å². The molecule has 2 aromatic carbocycles. The molecule has 0 fully saturated rings. The van der Waals surface area contributed by atoms with Crippen molar-refractivity contribution in [2.24, 2.45) is 0 Å². The molecule has 25 heavy (non-hydrogen) atoms. The van der Waals surface area contributed by atoms with E-state index in [-0.39, 0.29) is 0 Å². The van der Waals surface area contributed by atoms with Gasteiger partial charge in [-0.05, 0) is 30.2 Å². The van der Waals surface area contributed by atoms with Crippen LogP contribution in [0.1, 0.15) is 16.7 Å². The van der Waals surface area contributed by atoms with Crippen molar-refractivity contribution in [3.63, 3.8) is 0 Å². The molecule has 3 aromatic rings. The largest absolute Gasteiger partial charge is 0.298 e. The van der Waals surface area contributed by atoms with Gasteiger partial charge in [-0.1, -0.05) is 54.2 Å². The highest BCUT2D eigenvalue weighted by molar-refractivity contribution is 7.98. The number of aromatic nitrogens is 3. The molecule has 1 heterocycles. The molecule has 5 heteroatoms. The van der Waals surface area contributed by atoms with Crippen LogP contribution in [0.15, 0.2) is 66.3 Å². The molecule has 4 nitrogen and oxygen atoms in total. The van der Waals surface area contributed by atoms with Crippen molar-refractivity contribution in [1.82, 2.24) is 14.8 Å². The molecule has 0 atom stereocenters. The average Bonchev–Trinajstić information content (AvgIpc) is 3.04. The van der Waals surface area contributed by atoms with Gasteiger partial charge in [0.05, 0.1) is 11.6 Å². The van der Waals surface area contributed by atoms with E-state index in [1.165, 1.54) is 5.56 Å².